The van der Waals surface area contributed by atoms with E-state index in [-0.39, 0.29) is 35.9 Å². The van der Waals surface area contributed by atoms with Gasteiger partial charge in [0.1, 0.15) is 11.9 Å². The number of carbonyl (C=O) groups excluding carboxylic acids is 1. The molecule has 5 nitrogen and oxygen atoms in total. The van der Waals surface area contributed by atoms with Crippen molar-refractivity contribution in [1.29, 1.82) is 0 Å². The van der Waals surface area contributed by atoms with Crippen LogP contribution in [-0.4, -0.2) is 55.6 Å². The zero-order chi connectivity index (χ0) is 21.0. The van der Waals surface area contributed by atoms with Crippen molar-refractivity contribution in [3.05, 3.63) is 24.0 Å². The first-order valence-electron chi connectivity index (χ1n) is 9.52. The maximum atomic E-state index is 13.4. The van der Waals surface area contributed by atoms with E-state index >= 15 is 0 Å². The van der Waals surface area contributed by atoms with Crippen molar-refractivity contribution < 1.29 is 36.2 Å². The molecule has 1 aromatic rings. The number of carbonyl (C=O) groups is 1. The number of hydrogen-bond acceptors (Lipinski definition) is 4. The summed E-state index contributed by atoms with van der Waals surface area (Å²) < 4.78 is 72.9. The molecule has 0 atom stereocenters. The van der Waals surface area contributed by atoms with Crippen LogP contribution >= 0.6 is 0 Å². The summed E-state index contributed by atoms with van der Waals surface area (Å²) in [7, 11) is 0. The van der Waals surface area contributed by atoms with Crippen LogP contribution in [0.1, 0.15) is 25.7 Å². The molecule has 0 aromatic heterocycles. The molecule has 2 fully saturated rings. The summed E-state index contributed by atoms with van der Waals surface area (Å²) in [6.07, 6.45) is -0.787. The van der Waals surface area contributed by atoms with E-state index in [1.165, 1.54) is 0 Å². The summed E-state index contributed by atoms with van der Waals surface area (Å²) in [5, 5.41) is 2.93. The van der Waals surface area contributed by atoms with Gasteiger partial charge in [-0.25, -0.2) is 13.2 Å². The molecule has 1 saturated heterocycles. The minimum absolute atomic E-state index is 0.0503. The molecule has 1 aliphatic carbocycles. The van der Waals surface area contributed by atoms with Gasteiger partial charge in [-0.05, 0) is 37.8 Å². The molecule has 0 spiro atoms. The number of nitrogens with one attached hydrogen (secondary N) is 1. The SMILES string of the molecule is O=C(NC1CCN(CC(F)F)CC1)[C@H]1C[C@H](Oc2cc(F)ccc2OC(F)F)C1. The Kier molecular flexibility index (Phi) is 7.15. The number of ether oxygens (including phenoxy) is 2. The average molecular weight is 422 g/mol. The van der Waals surface area contributed by atoms with E-state index in [2.05, 4.69) is 10.1 Å². The highest BCUT2D eigenvalue weighted by atomic mass is 19.3. The zero-order valence-electron chi connectivity index (χ0n) is 15.6. The fraction of sp³-hybridized carbons (Fsp3) is 0.632. The van der Waals surface area contributed by atoms with Crippen molar-refractivity contribution in [1.82, 2.24) is 10.2 Å². The second-order valence-corrected chi connectivity index (χ2v) is 7.35. The van der Waals surface area contributed by atoms with Crippen LogP contribution in [0.15, 0.2) is 18.2 Å². The first-order chi connectivity index (χ1) is 13.8. The Morgan fingerprint density at radius 1 is 1.14 bits per heavy atom. The van der Waals surface area contributed by atoms with Gasteiger partial charge in [-0.15, -0.1) is 0 Å². The van der Waals surface area contributed by atoms with Gasteiger partial charge in [0.25, 0.3) is 6.43 Å². The highest BCUT2D eigenvalue weighted by Gasteiger charge is 2.37. The van der Waals surface area contributed by atoms with E-state index in [9.17, 15) is 26.7 Å². The predicted octanol–water partition coefficient (Wildman–Crippen LogP) is 3.43. The Morgan fingerprint density at radius 2 is 1.83 bits per heavy atom. The standard InChI is InChI=1S/C19H23F5N2O3/c20-12-1-2-15(29-19(23)24)16(9-12)28-14-7-11(8-14)18(27)25-13-3-5-26(6-4-13)10-17(21)22/h1-2,9,11,13-14,17,19H,3-8,10H2,(H,25,27)/t11-,14-. The third-order valence-electron chi connectivity index (χ3n) is 5.21. The van der Waals surface area contributed by atoms with Crippen LogP contribution in [0.3, 0.4) is 0 Å². The van der Waals surface area contributed by atoms with Gasteiger partial charge in [0.2, 0.25) is 5.91 Å². The summed E-state index contributed by atoms with van der Waals surface area (Å²) in [6.45, 7) is -2.29. The summed E-state index contributed by atoms with van der Waals surface area (Å²) in [6, 6.07) is 2.98. The monoisotopic (exact) mass is 422 g/mol. The van der Waals surface area contributed by atoms with E-state index in [1.807, 2.05) is 0 Å². The van der Waals surface area contributed by atoms with Gasteiger partial charge in [0.05, 0.1) is 6.54 Å². The maximum Gasteiger partial charge on any atom is 0.387 e. The molecule has 1 heterocycles. The van der Waals surface area contributed by atoms with E-state index in [4.69, 9.17) is 4.74 Å². The Labute approximate surface area is 165 Å². The third kappa shape index (κ3) is 6.19. The molecule has 1 aromatic carbocycles. The lowest BCUT2D eigenvalue weighted by Crippen LogP contribution is -2.50. The molecule has 0 radical (unpaired) electrons. The molecule has 3 rings (SSSR count). The van der Waals surface area contributed by atoms with Gasteiger partial charge in [-0.3, -0.25) is 9.69 Å². The Balaban J connectivity index is 1.42. The van der Waals surface area contributed by atoms with Gasteiger partial charge in [-0.2, -0.15) is 8.78 Å². The molecule has 162 valence electrons. The molecule has 1 N–H and O–H groups in total. The molecule has 29 heavy (non-hydrogen) atoms. The minimum Gasteiger partial charge on any atom is -0.486 e. The van der Waals surface area contributed by atoms with Crippen molar-refractivity contribution in [2.24, 2.45) is 5.92 Å². The summed E-state index contributed by atoms with van der Waals surface area (Å²) in [5.74, 6) is -1.45. The largest absolute Gasteiger partial charge is 0.486 e. The number of rotatable bonds is 8. The van der Waals surface area contributed by atoms with Crippen molar-refractivity contribution in [3.8, 4) is 11.5 Å². The van der Waals surface area contributed by atoms with Gasteiger partial charge < -0.3 is 14.8 Å². The number of amides is 1. The second-order valence-electron chi connectivity index (χ2n) is 7.35. The van der Waals surface area contributed by atoms with Crippen LogP contribution in [0, 0.1) is 11.7 Å². The highest BCUT2D eigenvalue weighted by Crippen LogP contribution is 2.36. The number of alkyl halides is 4. The number of piperidine rings is 1. The van der Waals surface area contributed by atoms with Crippen molar-refractivity contribution >= 4 is 5.91 Å². The van der Waals surface area contributed by atoms with Crippen molar-refractivity contribution in [3.63, 3.8) is 0 Å². The molecule has 1 aliphatic heterocycles. The molecular formula is C19H23F5N2O3. The van der Waals surface area contributed by atoms with Crippen LogP contribution < -0.4 is 14.8 Å². The van der Waals surface area contributed by atoms with E-state index in [0.717, 1.165) is 18.2 Å². The van der Waals surface area contributed by atoms with Crippen LogP contribution in [0.25, 0.3) is 0 Å². The summed E-state index contributed by atoms with van der Waals surface area (Å²) in [4.78, 5) is 14.0. The molecule has 2 aliphatic rings. The van der Waals surface area contributed by atoms with Crippen molar-refractivity contribution in [2.75, 3.05) is 19.6 Å². The quantitative estimate of drug-likeness (QED) is 0.653. The molecule has 0 bridgehead atoms. The summed E-state index contributed by atoms with van der Waals surface area (Å²) >= 11 is 0. The lowest BCUT2D eigenvalue weighted by molar-refractivity contribution is -0.131. The zero-order valence-corrected chi connectivity index (χ0v) is 15.6. The predicted molar refractivity (Wildman–Crippen MR) is 93.8 cm³/mol. The fourth-order valence-electron chi connectivity index (χ4n) is 3.60. The van der Waals surface area contributed by atoms with Crippen LogP contribution in [-0.2, 0) is 4.79 Å². The van der Waals surface area contributed by atoms with Gasteiger partial charge in [-0.1, -0.05) is 0 Å². The van der Waals surface area contributed by atoms with E-state index in [0.29, 0.717) is 38.8 Å². The number of halogens is 5. The molecular weight excluding hydrogens is 399 g/mol. The maximum absolute atomic E-state index is 13.4. The first-order valence-corrected chi connectivity index (χ1v) is 9.52. The normalized spacial score (nSPS) is 23.1. The smallest absolute Gasteiger partial charge is 0.387 e. The first kappa shape index (κ1) is 21.6. The number of nitrogens with zero attached hydrogens (tertiary/aromatic N) is 1. The van der Waals surface area contributed by atoms with Crippen LogP contribution in [0.5, 0.6) is 11.5 Å². The van der Waals surface area contributed by atoms with E-state index < -0.39 is 25.0 Å². The fourth-order valence-corrected chi connectivity index (χ4v) is 3.60. The topological polar surface area (TPSA) is 50.8 Å². The Morgan fingerprint density at radius 3 is 2.45 bits per heavy atom. The molecule has 0 unspecified atom stereocenters. The lowest BCUT2D eigenvalue weighted by Gasteiger charge is -2.37. The van der Waals surface area contributed by atoms with Gasteiger partial charge >= 0.3 is 6.61 Å². The third-order valence-corrected chi connectivity index (χ3v) is 5.21. The Hall–Kier alpha value is -2.10. The highest BCUT2D eigenvalue weighted by molar-refractivity contribution is 5.80. The number of likely N-dealkylation sites (tertiary alicyclic amines) is 1. The van der Waals surface area contributed by atoms with Crippen LogP contribution in [0.4, 0.5) is 22.0 Å². The van der Waals surface area contributed by atoms with Gasteiger partial charge in [0, 0.05) is 31.1 Å². The number of benzene rings is 1. The molecule has 1 saturated carbocycles. The van der Waals surface area contributed by atoms with Crippen molar-refractivity contribution in [2.45, 2.75) is 50.9 Å². The number of hydrogen-bond donors (Lipinski definition) is 1. The average Bonchev–Trinajstić information content (AvgIpc) is 2.60. The van der Waals surface area contributed by atoms with E-state index in [1.54, 1.807) is 4.90 Å². The van der Waals surface area contributed by atoms with Gasteiger partial charge in [0.15, 0.2) is 11.5 Å². The Bertz CT molecular complexity index is 692. The molecule has 10 heteroatoms. The van der Waals surface area contributed by atoms with Crippen LogP contribution in [0.2, 0.25) is 0 Å². The minimum atomic E-state index is -3.06. The summed E-state index contributed by atoms with van der Waals surface area (Å²) in [5.41, 5.74) is 0. The second kappa shape index (κ2) is 9.60. The lowest BCUT2D eigenvalue weighted by atomic mass is 9.81. The molecule has 1 amide bonds.